The fraction of sp³-hybridized carbons (Fsp3) is 0.357. The number of rotatable bonds is 8. The molecule has 1 aliphatic rings. The first kappa shape index (κ1) is 24.9. The van der Waals surface area contributed by atoms with Gasteiger partial charge in [-0.1, -0.05) is 36.4 Å². The SMILES string of the molecule is Cc1cccn2c(=O)c3cc(C(=O)NCCCN4CCOCC4)c(=N)n(CCc4ccccc4)c3nc12. The number of hydrogen-bond acceptors (Lipinski definition) is 6. The number of nitrogens with one attached hydrogen (secondary N) is 2. The summed E-state index contributed by atoms with van der Waals surface area (Å²) in [6.07, 6.45) is 3.13. The zero-order valence-electron chi connectivity index (χ0n) is 21.1. The third kappa shape index (κ3) is 5.33. The minimum absolute atomic E-state index is 0.0546. The van der Waals surface area contributed by atoms with Gasteiger partial charge < -0.3 is 14.6 Å². The Labute approximate surface area is 214 Å². The van der Waals surface area contributed by atoms with Crippen molar-refractivity contribution in [2.24, 2.45) is 0 Å². The number of aromatic nitrogens is 3. The van der Waals surface area contributed by atoms with Gasteiger partial charge in [0.15, 0.2) is 0 Å². The molecule has 1 saturated heterocycles. The molecule has 2 N–H and O–H groups in total. The number of carbonyl (C=O) groups is 1. The highest BCUT2D eigenvalue weighted by Gasteiger charge is 2.18. The fourth-order valence-electron chi connectivity index (χ4n) is 4.80. The summed E-state index contributed by atoms with van der Waals surface area (Å²) in [6.45, 7) is 6.99. The fourth-order valence-corrected chi connectivity index (χ4v) is 4.80. The van der Waals surface area contributed by atoms with Crippen LogP contribution in [-0.4, -0.2) is 64.2 Å². The number of pyridine rings is 2. The van der Waals surface area contributed by atoms with Crippen molar-refractivity contribution in [1.29, 1.82) is 5.41 Å². The normalized spacial score (nSPS) is 14.3. The van der Waals surface area contributed by atoms with Crippen molar-refractivity contribution in [2.75, 3.05) is 39.4 Å². The number of amides is 1. The third-order valence-electron chi connectivity index (χ3n) is 6.89. The summed E-state index contributed by atoms with van der Waals surface area (Å²) in [5.74, 6) is -0.351. The number of carbonyl (C=O) groups excluding carboxylic acids is 1. The maximum absolute atomic E-state index is 13.5. The Morgan fingerprint density at radius 1 is 1.08 bits per heavy atom. The molecule has 0 spiro atoms. The van der Waals surface area contributed by atoms with Crippen molar-refractivity contribution < 1.29 is 9.53 Å². The average molecular weight is 501 g/mol. The molecule has 0 radical (unpaired) electrons. The van der Waals surface area contributed by atoms with E-state index in [1.807, 2.05) is 49.4 Å². The molecule has 9 heteroatoms. The molecule has 1 aliphatic heterocycles. The molecule has 5 rings (SSSR count). The van der Waals surface area contributed by atoms with Crippen LogP contribution in [0.3, 0.4) is 0 Å². The Morgan fingerprint density at radius 2 is 1.86 bits per heavy atom. The number of fused-ring (bicyclic) bond motifs is 2. The van der Waals surface area contributed by atoms with Crippen molar-refractivity contribution >= 4 is 22.6 Å². The Morgan fingerprint density at radius 3 is 2.65 bits per heavy atom. The van der Waals surface area contributed by atoms with E-state index in [-0.39, 0.29) is 22.5 Å². The van der Waals surface area contributed by atoms with Gasteiger partial charge in [0, 0.05) is 32.4 Å². The van der Waals surface area contributed by atoms with Crippen molar-refractivity contribution in [3.8, 4) is 0 Å². The Balaban J connectivity index is 1.48. The zero-order chi connectivity index (χ0) is 25.8. The van der Waals surface area contributed by atoms with Gasteiger partial charge in [-0.25, -0.2) is 4.98 Å². The number of morpholine rings is 1. The van der Waals surface area contributed by atoms with Gasteiger partial charge in [-0.2, -0.15) is 0 Å². The third-order valence-corrected chi connectivity index (χ3v) is 6.89. The van der Waals surface area contributed by atoms with Crippen LogP contribution in [0.15, 0.2) is 59.5 Å². The van der Waals surface area contributed by atoms with Crippen LogP contribution in [0.2, 0.25) is 0 Å². The maximum Gasteiger partial charge on any atom is 0.267 e. The van der Waals surface area contributed by atoms with Crippen molar-refractivity contribution in [1.82, 2.24) is 24.2 Å². The second-order valence-electron chi connectivity index (χ2n) is 9.40. The molecule has 37 heavy (non-hydrogen) atoms. The number of aryl methyl sites for hydroxylation is 3. The van der Waals surface area contributed by atoms with Crippen LogP contribution in [0, 0.1) is 12.3 Å². The summed E-state index contributed by atoms with van der Waals surface area (Å²) in [7, 11) is 0. The lowest BCUT2D eigenvalue weighted by Gasteiger charge is -2.26. The van der Waals surface area contributed by atoms with Crippen LogP contribution in [0.1, 0.15) is 27.9 Å². The molecule has 0 bridgehead atoms. The monoisotopic (exact) mass is 500 g/mol. The van der Waals surface area contributed by atoms with E-state index < -0.39 is 0 Å². The van der Waals surface area contributed by atoms with Gasteiger partial charge in [0.2, 0.25) is 0 Å². The van der Waals surface area contributed by atoms with Crippen LogP contribution >= 0.6 is 0 Å². The molecule has 3 aromatic heterocycles. The van der Waals surface area contributed by atoms with Gasteiger partial charge in [-0.15, -0.1) is 0 Å². The quantitative estimate of drug-likeness (QED) is 0.285. The lowest BCUT2D eigenvalue weighted by molar-refractivity contribution is 0.0374. The number of benzene rings is 1. The van der Waals surface area contributed by atoms with Gasteiger partial charge >= 0.3 is 0 Å². The summed E-state index contributed by atoms with van der Waals surface area (Å²) in [5.41, 5.74) is 2.92. The molecule has 0 saturated carbocycles. The Hall–Kier alpha value is -3.82. The summed E-state index contributed by atoms with van der Waals surface area (Å²) in [4.78, 5) is 33.8. The van der Waals surface area contributed by atoms with E-state index in [1.165, 1.54) is 10.5 Å². The van der Waals surface area contributed by atoms with E-state index >= 15 is 0 Å². The second-order valence-corrected chi connectivity index (χ2v) is 9.40. The molecule has 0 unspecified atom stereocenters. The van der Waals surface area contributed by atoms with E-state index in [2.05, 4.69) is 10.2 Å². The predicted octanol–water partition coefficient (Wildman–Crippen LogP) is 2.13. The summed E-state index contributed by atoms with van der Waals surface area (Å²) in [6, 6.07) is 15.2. The molecule has 1 fully saturated rings. The van der Waals surface area contributed by atoms with Crippen molar-refractivity contribution in [2.45, 2.75) is 26.3 Å². The van der Waals surface area contributed by atoms with Gasteiger partial charge in [-0.3, -0.25) is 24.3 Å². The van der Waals surface area contributed by atoms with Gasteiger partial charge in [0.1, 0.15) is 16.8 Å². The molecular weight excluding hydrogens is 468 g/mol. The molecule has 4 heterocycles. The molecule has 9 nitrogen and oxygen atoms in total. The van der Waals surface area contributed by atoms with Gasteiger partial charge in [0.05, 0.1) is 24.2 Å². The van der Waals surface area contributed by atoms with E-state index in [9.17, 15) is 9.59 Å². The van der Waals surface area contributed by atoms with E-state index in [0.717, 1.165) is 50.4 Å². The topological polar surface area (TPSA) is 105 Å². The number of hydrogen-bond donors (Lipinski definition) is 2. The van der Waals surface area contributed by atoms with Crippen molar-refractivity contribution in [3.63, 3.8) is 0 Å². The van der Waals surface area contributed by atoms with Crippen molar-refractivity contribution in [3.05, 3.63) is 87.3 Å². The highest BCUT2D eigenvalue weighted by Crippen LogP contribution is 2.14. The lowest BCUT2D eigenvalue weighted by atomic mass is 10.1. The highest BCUT2D eigenvalue weighted by atomic mass is 16.5. The highest BCUT2D eigenvalue weighted by molar-refractivity contribution is 5.96. The molecular formula is C28H32N6O3. The summed E-state index contributed by atoms with van der Waals surface area (Å²) < 4.78 is 8.59. The largest absolute Gasteiger partial charge is 0.379 e. The Bertz CT molecular complexity index is 1540. The van der Waals surface area contributed by atoms with E-state index in [1.54, 1.807) is 10.8 Å². The van der Waals surface area contributed by atoms with Crippen LogP contribution < -0.4 is 16.4 Å². The van der Waals surface area contributed by atoms with E-state index in [0.29, 0.717) is 36.2 Å². The predicted molar refractivity (Wildman–Crippen MR) is 142 cm³/mol. The van der Waals surface area contributed by atoms with Gasteiger partial charge in [-0.05, 0) is 49.6 Å². The minimum atomic E-state index is -0.351. The van der Waals surface area contributed by atoms with Crippen LogP contribution in [0.5, 0.6) is 0 Å². The summed E-state index contributed by atoms with van der Waals surface area (Å²) >= 11 is 0. The first-order valence-corrected chi connectivity index (χ1v) is 12.8. The standard InChI is InChI=1S/C28H32N6O3/c1-20-7-5-13-34-25(20)31-26-23(28(34)36)19-22(24(29)33(26)14-10-21-8-3-2-4-9-21)27(35)30-11-6-12-32-15-17-37-18-16-32/h2-5,7-9,13,19,29H,6,10-12,14-18H2,1H3,(H,30,35). The maximum atomic E-state index is 13.5. The molecule has 4 aromatic rings. The molecule has 0 aliphatic carbocycles. The minimum Gasteiger partial charge on any atom is -0.379 e. The van der Waals surface area contributed by atoms with Crippen LogP contribution in [0.25, 0.3) is 16.7 Å². The number of ether oxygens (including phenoxy) is 1. The first-order chi connectivity index (χ1) is 18.0. The molecule has 0 atom stereocenters. The smallest absolute Gasteiger partial charge is 0.267 e. The molecule has 1 amide bonds. The van der Waals surface area contributed by atoms with Crippen LogP contribution in [0.4, 0.5) is 0 Å². The lowest BCUT2D eigenvalue weighted by Crippen LogP contribution is -2.39. The Kier molecular flexibility index (Phi) is 7.43. The molecule has 1 aromatic carbocycles. The molecule has 192 valence electrons. The number of nitrogens with zero attached hydrogens (tertiary/aromatic N) is 4. The first-order valence-electron chi connectivity index (χ1n) is 12.8. The van der Waals surface area contributed by atoms with Gasteiger partial charge in [0.25, 0.3) is 11.5 Å². The van der Waals surface area contributed by atoms with E-state index in [4.69, 9.17) is 15.1 Å². The second kappa shape index (κ2) is 11.1. The van der Waals surface area contributed by atoms with Crippen LogP contribution in [-0.2, 0) is 17.7 Å². The average Bonchev–Trinajstić information content (AvgIpc) is 2.92. The summed E-state index contributed by atoms with van der Waals surface area (Å²) in [5, 5.41) is 12.2. The zero-order valence-corrected chi connectivity index (χ0v) is 21.1.